The topological polar surface area (TPSA) is 9.23 Å². The second-order valence-electron chi connectivity index (χ2n) is 4.12. The molecule has 1 aromatic carbocycles. The maximum absolute atomic E-state index is 13.9. The molecule has 0 atom stereocenters. The van der Waals surface area contributed by atoms with Crippen LogP contribution < -0.4 is 0 Å². The molecule has 0 radical (unpaired) electrons. The number of halogens is 3. The van der Waals surface area contributed by atoms with E-state index in [0.29, 0.717) is 29.1 Å². The molecule has 2 rings (SSSR count). The van der Waals surface area contributed by atoms with Gasteiger partial charge in [-0.15, -0.1) is 0 Å². The lowest BCUT2D eigenvalue weighted by Crippen LogP contribution is -2.36. The summed E-state index contributed by atoms with van der Waals surface area (Å²) in [5.74, 6) is -0.214. The normalized spacial score (nSPS) is 19.7. The van der Waals surface area contributed by atoms with Gasteiger partial charge in [-0.1, -0.05) is 33.6 Å². The second-order valence-corrected chi connectivity index (χ2v) is 5.09. The molecule has 1 aliphatic heterocycles. The number of hydrogen-bond donors (Lipinski definition) is 0. The van der Waals surface area contributed by atoms with E-state index >= 15 is 0 Å². The average molecular weight is 308 g/mol. The molecule has 0 aromatic heterocycles. The van der Waals surface area contributed by atoms with Crippen molar-refractivity contribution >= 4 is 27.5 Å². The van der Waals surface area contributed by atoms with Crippen molar-refractivity contribution in [1.82, 2.24) is 0 Å². The first-order valence-electron chi connectivity index (χ1n) is 5.28. The third-order valence-corrected chi connectivity index (χ3v) is 4.59. The minimum absolute atomic E-state index is 0.214. The van der Waals surface area contributed by atoms with Gasteiger partial charge in [-0.3, -0.25) is 0 Å². The van der Waals surface area contributed by atoms with Crippen LogP contribution in [-0.4, -0.2) is 18.5 Å². The molecule has 0 saturated carbocycles. The molecule has 88 valence electrons. The van der Waals surface area contributed by atoms with Gasteiger partial charge >= 0.3 is 0 Å². The largest absolute Gasteiger partial charge is 0.381 e. The van der Waals surface area contributed by atoms with E-state index in [4.69, 9.17) is 16.3 Å². The Kier molecular flexibility index (Phi) is 3.88. The number of hydrogen-bond acceptors (Lipinski definition) is 1. The first-order chi connectivity index (χ1) is 7.69. The molecule has 0 spiro atoms. The second kappa shape index (κ2) is 5.03. The molecule has 1 aliphatic rings. The van der Waals surface area contributed by atoms with Gasteiger partial charge in [0.05, 0.1) is 0 Å². The standard InChI is InChI=1S/C12H13BrClFO/c13-8-12(4-6-16-7-5-12)11-9(14)2-1-3-10(11)15/h1-3H,4-8H2. The van der Waals surface area contributed by atoms with Crippen LogP contribution >= 0.6 is 27.5 Å². The van der Waals surface area contributed by atoms with E-state index in [9.17, 15) is 4.39 Å². The first-order valence-corrected chi connectivity index (χ1v) is 6.78. The molecular weight excluding hydrogens is 294 g/mol. The molecular formula is C12H13BrClFO. The van der Waals surface area contributed by atoms with E-state index in [0.717, 1.165) is 12.8 Å². The molecule has 1 saturated heterocycles. The lowest BCUT2D eigenvalue weighted by molar-refractivity contribution is 0.0573. The van der Waals surface area contributed by atoms with Crippen molar-refractivity contribution in [3.8, 4) is 0 Å². The monoisotopic (exact) mass is 306 g/mol. The van der Waals surface area contributed by atoms with Crippen LogP contribution in [0.1, 0.15) is 18.4 Å². The zero-order valence-electron chi connectivity index (χ0n) is 8.81. The summed E-state index contributed by atoms with van der Waals surface area (Å²) < 4.78 is 19.3. The SMILES string of the molecule is Fc1cccc(Cl)c1C1(CBr)CCOCC1. The Morgan fingerprint density at radius 1 is 1.38 bits per heavy atom. The molecule has 1 fully saturated rings. The van der Waals surface area contributed by atoms with Crippen molar-refractivity contribution in [3.05, 3.63) is 34.6 Å². The highest BCUT2D eigenvalue weighted by Gasteiger charge is 2.37. The molecule has 1 aromatic rings. The molecule has 0 amide bonds. The van der Waals surface area contributed by atoms with Gasteiger partial charge < -0.3 is 4.74 Å². The Labute approximate surface area is 108 Å². The Bertz CT molecular complexity index is 357. The van der Waals surface area contributed by atoms with Gasteiger partial charge in [-0.25, -0.2) is 4.39 Å². The van der Waals surface area contributed by atoms with Gasteiger partial charge in [0.2, 0.25) is 0 Å². The molecule has 0 aliphatic carbocycles. The molecule has 1 nitrogen and oxygen atoms in total. The molecule has 1 heterocycles. The van der Waals surface area contributed by atoms with Gasteiger partial charge in [0.15, 0.2) is 0 Å². The van der Waals surface area contributed by atoms with Crippen molar-refractivity contribution in [3.63, 3.8) is 0 Å². The van der Waals surface area contributed by atoms with Crippen LogP contribution in [0.25, 0.3) is 0 Å². The first kappa shape index (κ1) is 12.3. The molecule has 16 heavy (non-hydrogen) atoms. The summed E-state index contributed by atoms with van der Waals surface area (Å²) >= 11 is 9.62. The highest BCUT2D eigenvalue weighted by atomic mass is 79.9. The molecule has 0 unspecified atom stereocenters. The molecule has 0 bridgehead atoms. The summed E-state index contributed by atoms with van der Waals surface area (Å²) in [6.45, 7) is 1.33. The third-order valence-electron chi connectivity index (χ3n) is 3.20. The maximum Gasteiger partial charge on any atom is 0.128 e. The van der Waals surface area contributed by atoms with E-state index in [2.05, 4.69) is 15.9 Å². The molecule has 4 heteroatoms. The lowest BCUT2D eigenvalue weighted by atomic mass is 9.76. The van der Waals surface area contributed by atoms with Crippen molar-refractivity contribution < 1.29 is 9.13 Å². The average Bonchev–Trinajstić information content (AvgIpc) is 2.30. The highest BCUT2D eigenvalue weighted by Crippen LogP contribution is 2.41. The van der Waals surface area contributed by atoms with Gasteiger partial charge in [0, 0.05) is 34.5 Å². The Hall–Kier alpha value is -0.120. The number of ether oxygens (including phenoxy) is 1. The van der Waals surface area contributed by atoms with Crippen molar-refractivity contribution in [1.29, 1.82) is 0 Å². The van der Waals surface area contributed by atoms with E-state index in [-0.39, 0.29) is 11.2 Å². The van der Waals surface area contributed by atoms with E-state index in [1.807, 2.05) is 0 Å². The summed E-state index contributed by atoms with van der Waals surface area (Å²) in [5, 5.41) is 1.23. The zero-order chi connectivity index (χ0) is 11.6. The Morgan fingerprint density at radius 2 is 2.06 bits per heavy atom. The predicted molar refractivity (Wildman–Crippen MR) is 66.9 cm³/mol. The number of alkyl halides is 1. The van der Waals surface area contributed by atoms with E-state index < -0.39 is 0 Å². The predicted octanol–water partition coefficient (Wildman–Crippen LogP) is 3.92. The summed E-state index contributed by atoms with van der Waals surface area (Å²) in [7, 11) is 0. The lowest BCUT2D eigenvalue weighted by Gasteiger charge is -2.36. The van der Waals surface area contributed by atoms with Crippen LogP contribution in [0.5, 0.6) is 0 Å². The van der Waals surface area contributed by atoms with Crippen molar-refractivity contribution in [2.24, 2.45) is 0 Å². The number of benzene rings is 1. The van der Waals surface area contributed by atoms with Gasteiger partial charge in [-0.05, 0) is 25.0 Å². The Balaban J connectivity index is 2.46. The van der Waals surface area contributed by atoms with Gasteiger partial charge in [0.25, 0.3) is 0 Å². The van der Waals surface area contributed by atoms with Crippen LogP contribution in [-0.2, 0) is 10.2 Å². The minimum atomic E-state index is -0.222. The summed E-state index contributed by atoms with van der Waals surface area (Å²) in [6.07, 6.45) is 1.61. The van der Waals surface area contributed by atoms with Crippen LogP contribution in [0.2, 0.25) is 5.02 Å². The van der Waals surface area contributed by atoms with Crippen LogP contribution in [0.4, 0.5) is 4.39 Å². The van der Waals surface area contributed by atoms with Crippen molar-refractivity contribution in [2.45, 2.75) is 18.3 Å². The van der Waals surface area contributed by atoms with Gasteiger partial charge in [0.1, 0.15) is 5.82 Å². The van der Waals surface area contributed by atoms with Gasteiger partial charge in [-0.2, -0.15) is 0 Å². The summed E-state index contributed by atoms with van der Waals surface area (Å²) in [4.78, 5) is 0. The summed E-state index contributed by atoms with van der Waals surface area (Å²) in [6, 6.07) is 4.86. The van der Waals surface area contributed by atoms with Crippen molar-refractivity contribution in [2.75, 3.05) is 18.5 Å². The maximum atomic E-state index is 13.9. The Morgan fingerprint density at radius 3 is 2.62 bits per heavy atom. The van der Waals surface area contributed by atoms with E-state index in [1.165, 1.54) is 6.07 Å². The zero-order valence-corrected chi connectivity index (χ0v) is 11.2. The third kappa shape index (κ3) is 2.13. The minimum Gasteiger partial charge on any atom is -0.381 e. The molecule has 0 N–H and O–H groups in total. The smallest absolute Gasteiger partial charge is 0.128 e. The fourth-order valence-corrected chi connectivity index (χ4v) is 3.42. The number of rotatable bonds is 2. The van der Waals surface area contributed by atoms with Crippen LogP contribution in [0, 0.1) is 5.82 Å². The van der Waals surface area contributed by atoms with Crippen LogP contribution in [0.15, 0.2) is 18.2 Å². The highest BCUT2D eigenvalue weighted by molar-refractivity contribution is 9.09. The fourth-order valence-electron chi connectivity index (χ4n) is 2.22. The summed E-state index contributed by atoms with van der Waals surface area (Å²) in [5.41, 5.74) is 0.414. The quantitative estimate of drug-likeness (QED) is 0.753. The van der Waals surface area contributed by atoms with Crippen LogP contribution in [0.3, 0.4) is 0 Å². The van der Waals surface area contributed by atoms with E-state index in [1.54, 1.807) is 12.1 Å². The fraction of sp³-hybridized carbons (Fsp3) is 0.500.